The maximum absolute atomic E-state index is 12.4. The van der Waals surface area contributed by atoms with Crippen LogP contribution in [0.2, 0.25) is 0 Å². The fraction of sp³-hybridized carbons (Fsp3) is 0.312. The molecule has 1 aliphatic heterocycles. The number of rotatable bonds is 3. The first-order valence-electron chi connectivity index (χ1n) is 7.54. The molecule has 0 saturated carbocycles. The Balaban J connectivity index is 1.71. The zero-order valence-electron chi connectivity index (χ0n) is 13.3. The monoisotopic (exact) mass is 352 g/mol. The van der Waals surface area contributed by atoms with Crippen molar-refractivity contribution in [3.8, 4) is 5.75 Å². The second-order valence-electron chi connectivity index (χ2n) is 5.48. The molecule has 9 heteroatoms. The average molecular weight is 352 g/mol. The lowest BCUT2D eigenvalue weighted by molar-refractivity contribution is -0.274. The summed E-state index contributed by atoms with van der Waals surface area (Å²) in [6.07, 6.45) is -2.24. The van der Waals surface area contributed by atoms with Crippen LogP contribution in [0.1, 0.15) is 17.2 Å². The zero-order valence-corrected chi connectivity index (χ0v) is 13.3. The molecule has 0 N–H and O–H groups in total. The van der Waals surface area contributed by atoms with E-state index >= 15 is 0 Å². The van der Waals surface area contributed by atoms with Crippen LogP contribution in [0.5, 0.6) is 5.75 Å². The van der Waals surface area contributed by atoms with Crippen LogP contribution in [0.25, 0.3) is 6.08 Å². The molecule has 25 heavy (non-hydrogen) atoms. The van der Waals surface area contributed by atoms with Crippen molar-refractivity contribution in [2.75, 3.05) is 6.54 Å². The lowest BCUT2D eigenvalue weighted by Crippen LogP contribution is -2.37. The first-order chi connectivity index (χ1) is 11.8. The van der Waals surface area contributed by atoms with Crippen molar-refractivity contribution < 1.29 is 22.7 Å². The summed E-state index contributed by atoms with van der Waals surface area (Å²) in [6, 6.07) is 5.64. The maximum atomic E-state index is 12.4. The average Bonchev–Trinajstić information content (AvgIpc) is 2.91. The number of ether oxygens (including phenoxy) is 1. The number of halogens is 3. The van der Waals surface area contributed by atoms with Crippen LogP contribution in [0.3, 0.4) is 0 Å². The highest BCUT2D eigenvalue weighted by molar-refractivity contribution is 5.92. The van der Waals surface area contributed by atoms with Gasteiger partial charge in [-0.3, -0.25) is 4.79 Å². The number of hydrogen-bond acceptors (Lipinski definition) is 4. The minimum absolute atomic E-state index is 0.171. The Morgan fingerprint density at radius 1 is 1.28 bits per heavy atom. The van der Waals surface area contributed by atoms with E-state index in [4.69, 9.17) is 0 Å². The van der Waals surface area contributed by atoms with Crippen molar-refractivity contribution in [1.82, 2.24) is 19.7 Å². The number of aryl methyl sites for hydroxylation is 1. The maximum Gasteiger partial charge on any atom is 0.573 e. The molecule has 132 valence electrons. The second-order valence-corrected chi connectivity index (χ2v) is 5.48. The predicted molar refractivity (Wildman–Crippen MR) is 82.3 cm³/mol. The van der Waals surface area contributed by atoms with Gasteiger partial charge in [-0.25, -0.2) is 9.67 Å². The molecule has 0 spiro atoms. The molecule has 1 aromatic heterocycles. The summed E-state index contributed by atoms with van der Waals surface area (Å²) >= 11 is 0. The summed E-state index contributed by atoms with van der Waals surface area (Å²) in [6.45, 7) is 3.07. The number of carbonyl (C=O) groups excluding carboxylic acids is 1. The smallest absolute Gasteiger partial charge is 0.405 e. The van der Waals surface area contributed by atoms with Gasteiger partial charge in [-0.15, -0.1) is 13.2 Å². The van der Waals surface area contributed by atoms with Crippen LogP contribution < -0.4 is 4.74 Å². The van der Waals surface area contributed by atoms with Crippen molar-refractivity contribution >= 4 is 12.0 Å². The highest BCUT2D eigenvalue weighted by Gasteiger charge is 2.31. The number of fused-ring (bicyclic) bond motifs is 1. The van der Waals surface area contributed by atoms with Crippen LogP contribution in [0.15, 0.2) is 30.3 Å². The van der Waals surface area contributed by atoms with E-state index in [1.807, 2.05) is 0 Å². The van der Waals surface area contributed by atoms with Crippen LogP contribution in [-0.4, -0.2) is 38.5 Å². The summed E-state index contributed by atoms with van der Waals surface area (Å²) in [5, 5.41) is 4.21. The summed E-state index contributed by atoms with van der Waals surface area (Å²) in [5.41, 5.74) is 0.171. The minimum Gasteiger partial charge on any atom is -0.405 e. The van der Waals surface area contributed by atoms with E-state index in [2.05, 4.69) is 14.8 Å². The van der Waals surface area contributed by atoms with Crippen LogP contribution in [-0.2, 0) is 17.9 Å². The number of hydrogen-bond donors (Lipinski definition) is 0. The molecule has 0 fully saturated rings. The highest BCUT2D eigenvalue weighted by atomic mass is 19.4. The third kappa shape index (κ3) is 4.17. The van der Waals surface area contributed by atoms with Crippen molar-refractivity contribution in [2.24, 2.45) is 0 Å². The number of carbonyl (C=O) groups is 1. The molecule has 0 bridgehead atoms. The van der Waals surface area contributed by atoms with Crippen LogP contribution in [0, 0.1) is 6.92 Å². The molecule has 0 unspecified atom stereocenters. The molecule has 0 radical (unpaired) electrons. The van der Waals surface area contributed by atoms with E-state index in [0.29, 0.717) is 31.3 Å². The summed E-state index contributed by atoms with van der Waals surface area (Å²) in [7, 11) is 0. The Bertz CT molecular complexity index is 814. The number of para-hydroxylation sites is 1. The summed E-state index contributed by atoms with van der Waals surface area (Å²) in [4.78, 5) is 18.1. The normalized spacial score (nSPS) is 14.6. The fourth-order valence-corrected chi connectivity index (χ4v) is 2.55. The molecule has 1 amide bonds. The summed E-state index contributed by atoms with van der Waals surface area (Å²) < 4.78 is 43.0. The van der Waals surface area contributed by atoms with Crippen LogP contribution >= 0.6 is 0 Å². The Morgan fingerprint density at radius 3 is 2.80 bits per heavy atom. The minimum atomic E-state index is -4.79. The number of aromatic nitrogens is 3. The van der Waals surface area contributed by atoms with E-state index < -0.39 is 6.36 Å². The van der Waals surface area contributed by atoms with E-state index in [1.54, 1.807) is 22.6 Å². The number of alkyl halides is 3. The number of amides is 1. The van der Waals surface area contributed by atoms with Gasteiger partial charge in [0.1, 0.15) is 17.4 Å². The molecule has 0 saturated heterocycles. The van der Waals surface area contributed by atoms with Gasteiger partial charge >= 0.3 is 6.36 Å². The molecule has 0 aliphatic carbocycles. The highest BCUT2D eigenvalue weighted by Crippen LogP contribution is 2.27. The summed E-state index contributed by atoms with van der Waals surface area (Å²) in [5.74, 6) is 0.658. The van der Waals surface area contributed by atoms with Gasteiger partial charge in [0, 0.05) is 18.2 Å². The standard InChI is InChI=1S/C16H15F3N4O2/c1-11-20-14-10-22(8-9-23(14)21-11)15(24)7-6-12-4-2-3-5-13(12)25-16(17,18)19/h2-7H,8-10H2,1H3/b7-6+. The molecular weight excluding hydrogens is 337 g/mol. The lowest BCUT2D eigenvalue weighted by atomic mass is 10.2. The number of nitrogens with zero attached hydrogens (tertiary/aromatic N) is 4. The second kappa shape index (κ2) is 6.58. The number of benzene rings is 1. The SMILES string of the molecule is Cc1nc2n(n1)CCN(C(=O)/C=C/c1ccccc1OC(F)(F)F)C2. The molecule has 3 rings (SSSR count). The van der Waals surface area contributed by atoms with Gasteiger partial charge in [-0.05, 0) is 19.1 Å². The van der Waals surface area contributed by atoms with Crippen LogP contribution in [0.4, 0.5) is 13.2 Å². The van der Waals surface area contributed by atoms with E-state index in [-0.39, 0.29) is 17.2 Å². The molecule has 2 heterocycles. The van der Waals surface area contributed by atoms with Crippen molar-refractivity contribution in [1.29, 1.82) is 0 Å². The Kier molecular flexibility index (Phi) is 4.47. The third-order valence-electron chi connectivity index (χ3n) is 3.63. The van der Waals surface area contributed by atoms with Crippen molar-refractivity contribution in [3.63, 3.8) is 0 Å². The first-order valence-corrected chi connectivity index (χ1v) is 7.54. The van der Waals surface area contributed by atoms with Gasteiger partial charge in [0.15, 0.2) is 0 Å². The quantitative estimate of drug-likeness (QED) is 0.797. The van der Waals surface area contributed by atoms with Gasteiger partial charge in [-0.1, -0.05) is 18.2 Å². The van der Waals surface area contributed by atoms with Gasteiger partial charge < -0.3 is 9.64 Å². The van der Waals surface area contributed by atoms with E-state index in [1.165, 1.54) is 30.4 Å². The Morgan fingerprint density at radius 2 is 2.04 bits per heavy atom. The largest absolute Gasteiger partial charge is 0.573 e. The van der Waals surface area contributed by atoms with Crippen molar-refractivity contribution in [3.05, 3.63) is 47.6 Å². The van der Waals surface area contributed by atoms with E-state index in [9.17, 15) is 18.0 Å². The topological polar surface area (TPSA) is 60.2 Å². The molecule has 6 nitrogen and oxygen atoms in total. The molecular formula is C16H15F3N4O2. The van der Waals surface area contributed by atoms with Gasteiger partial charge in [-0.2, -0.15) is 5.10 Å². The van der Waals surface area contributed by atoms with Gasteiger partial charge in [0.2, 0.25) is 5.91 Å². The molecule has 0 atom stereocenters. The van der Waals surface area contributed by atoms with Gasteiger partial charge in [0.05, 0.1) is 13.1 Å². The zero-order chi connectivity index (χ0) is 18.0. The molecule has 2 aromatic rings. The van der Waals surface area contributed by atoms with E-state index in [0.717, 1.165) is 0 Å². The lowest BCUT2D eigenvalue weighted by Gasteiger charge is -2.25. The van der Waals surface area contributed by atoms with Crippen molar-refractivity contribution in [2.45, 2.75) is 26.4 Å². The fourth-order valence-electron chi connectivity index (χ4n) is 2.55. The Labute approximate surface area is 141 Å². The predicted octanol–water partition coefficient (Wildman–Crippen LogP) is 2.54. The third-order valence-corrected chi connectivity index (χ3v) is 3.63. The molecule has 1 aliphatic rings. The Hall–Kier alpha value is -2.84. The molecule has 1 aromatic carbocycles. The van der Waals surface area contributed by atoms with Gasteiger partial charge in [0.25, 0.3) is 0 Å². The first kappa shape index (κ1) is 17.0.